The van der Waals surface area contributed by atoms with Crippen LogP contribution in [0, 0.1) is 5.92 Å². The first-order chi connectivity index (χ1) is 10.2. The van der Waals surface area contributed by atoms with E-state index < -0.39 is 0 Å². The van der Waals surface area contributed by atoms with Crippen LogP contribution in [0.3, 0.4) is 0 Å². The van der Waals surface area contributed by atoms with Gasteiger partial charge in [-0.15, -0.1) is 0 Å². The van der Waals surface area contributed by atoms with Crippen LogP contribution in [0.1, 0.15) is 52.7 Å². The molecule has 0 N–H and O–H groups in total. The predicted octanol–water partition coefficient (Wildman–Crippen LogP) is 4.27. The monoisotopic (exact) mass is 303 g/mol. The Morgan fingerprint density at radius 2 is 1.64 bits per heavy atom. The number of hydrogen-bond acceptors (Lipinski definition) is 2. The summed E-state index contributed by atoms with van der Waals surface area (Å²) in [6.07, 6.45) is 1.88. The lowest BCUT2D eigenvalue weighted by Gasteiger charge is -2.36. The van der Waals surface area contributed by atoms with Gasteiger partial charge in [-0.3, -0.25) is 4.90 Å². The van der Waals surface area contributed by atoms with Gasteiger partial charge >= 0.3 is 0 Å². The summed E-state index contributed by atoms with van der Waals surface area (Å²) in [4.78, 5) is 2.56. The third-order valence-electron chi connectivity index (χ3n) is 4.47. The second-order valence-electron chi connectivity index (χ2n) is 8.23. The van der Waals surface area contributed by atoms with Crippen molar-refractivity contribution in [3.63, 3.8) is 0 Å². The van der Waals surface area contributed by atoms with Crippen LogP contribution in [0.15, 0.2) is 24.3 Å². The highest BCUT2D eigenvalue weighted by molar-refractivity contribution is 5.27. The Morgan fingerprint density at radius 3 is 2.14 bits per heavy atom. The van der Waals surface area contributed by atoms with E-state index in [1.165, 1.54) is 17.7 Å². The Balaban J connectivity index is 1.87. The first-order valence-electron chi connectivity index (χ1n) is 8.71. The molecule has 0 spiro atoms. The molecule has 1 aromatic rings. The molecule has 1 saturated heterocycles. The van der Waals surface area contributed by atoms with Crippen molar-refractivity contribution in [2.75, 3.05) is 19.6 Å². The highest BCUT2D eigenvalue weighted by Gasteiger charge is 2.23. The lowest BCUT2D eigenvalue weighted by atomic mass is 9.86. The van der Waals surface area contributed by atoms with Gasteiger partial charge in [0.05, 0.1) is 12.2 Å². The zero-order valence-corrected chi connectivity index (χ0v) is 15.2. The van der Waals surface area contributed by atoms with Crippen molar-refractivity contribution in [1.82, 2.24) is 4.90 Å². The van der Waals surface area contributed by atoms with E-state index in [1.54, 1.807) is 0 Å². The minimum absolute atomic E-state index is 0.240. The number of morpholine rings is 1. The molecule has 2 rings (SSSR count). The Labute approximate surface area is 136 Å². The van der Waals surface area contributed by atoms with Crippen LogP contribution < -0.4 is 0 Å². The highest BCUT2D eigenvalue weighted by atomic mass is 16.5. The van der Waals surface area contributed by atoms with Gasteiger partial charge in [-0.1, -0.05) is 52.0 Å². The lowest BCUT2D eigenvalue weighted by Crippen LogP contribution is -2.47. The first-order valence-corrected chi connectivity index (χ1v) is 8.71. The summed E-state index contributed by atoms with van der Waals surface area (Å²) < 4.78 is 5.82. The maximum Gasteiger partial charge on any atom is 0.0678 e. The van der Waals surface area contributed by atoms with E-state index in [1.807, 2.05) is 0 Å². The fourth-order valence-electron chi connectivity index (χ4n) is 3.48. The minimum atomic E-state index is 0.240. The van der Waals surface area contributed by atoms with Gasteiger partial charge in [0.1, 0.15) is 0 Å². The third-order valence-corrected chi connectivity index (χ3v) is 4.47. The molecule has 0 bridgehead atoms. The molecule has 0 radical (unpaired) electrons. The smallest absolute Gasteiger partial charge is 0.0678 e. The van der Waals surface area contributed by atoms with E-state index in [9.17, 15) is 0 Å². The number of rotatable bonds is 4. The second kappa shape index (κ2) is 7.14. The standard InChI is InChI=1S/C20H33NO/c1-15(12-21-13-16(2)22-17(3)14-21)11-18-7-9-19(10-8-18)20(4,5)6/h7-10,15-17H,11-14H2,1-6H3. The zero-order valence-electron chi connectivity index (χ0n) is 15.2. The molecular weight excluding hydrogens is 270 g/mol. The van der Waals surface area contributed by atoms with Crippen molar-refractivity contribution in [2.45, 2.75) is 65.6 Å². The van der Waals surface area contributed by atoms with Crippen LogP contribution in [0.4, 0.5) is 0 Å². The summed E-state index contributed by atoms with van der Waals surface area (Å²) in [5.41, 5.74) is 3.11. The minimum Gasteiger partial charge on any atom is -0.373 e. The molecule has 2 heteroatoms. The quantitative estimate of drug-likeness (QED) is 0.823. The Kier molecular flexibility index (Phi) is 5.68. The molecule has 124 valence electrons. The van der Waals surface area contributed by atoms with Crippen LogP contribution in [0.5, 0.6) is 0 Å². The molecule has 3 atom stereocenters. The van der Waals surface area contributed by atoms with Gasteiger partial charge in [0.15, 0.2) is 0 Å². The van der Waals surface area contributed by atoms with Gasteiger partial charge in [0, 0.05) is 19.6 Å². The fourth-order valence-corrected chi connectivity index (χ4v) is 3.48. The molecule has 1 aliphatic heterocycles. The molecule has 0 saturated carbocycles. The molecule has 22 heavy (non-hydrogen) atoms. The summed E-state index contributed by atoms with van der Waals surface area (Å²) in [5, 5.41) is 0. The normalized spacial score (nSPS) is 25.2. The average molecular weight is 303 g/mol. The van der Waals surface area contributed by atoms with Gasteiger partial charge in [0.2, 0.25) is 0 Å². The number of benzene rings is 1. The molecule has 2 nitrogen and oxygen atoms in total. The van der Waals surface area contributed by atoms with E-state index in [0.29, 0.717) is 18.1 Å². The largest absolute Gasteiger partial charge is 0.373 e. The van der Waals surface area contributed by atoms with Crippen molar-refractivity contribution in [3.05, 3.63) is 35.4 Å². The van der Waals surface area contributed by atoms with Crippen LogP contribution in [-0.2, 0) is 16.6 Å². The van der Waals surface area contributed by atoms with Crippen LogP contribution >= 0.6 is 0 Å². The molecule has 1 heterocycles. The van der Waals surface area contributed by atoms with Gasteiger partial charge in [0.25, 0.3) is 0 Å². The maximum absolute atomic E-state index is 5.82. The van der Waals surface area contributed by atoms with Gasteiger partial charge in [-0.05, 0) is 42.7 Å². The number of ether oxygens (including phenoxy) is 1. The van der Waals surface area contributed by atoms with Crippen LogP contribution in [-0.4, -0.2) is 36.7 Å². The SMILES string of the molecule is CC(Cc1ccc(C(C)(C)C)cc1)CN1CC(C)OC(C)C1. The summed E-state index contributed by atoms with van der Waals surface area (Å²) in [6.45, 7) is 16.8. The summed E-state index contributed by atoms with van der Waals surface area (Å²) >= 11 is 0. The van der Waals surface area contributed by atoms with Crippen LogP contribution in [0.2, 0.25) is 0 Å². The van der Waals surface area contributed by atoms with Crippen LogP contribution in [0.25, 0.3) is 0 Å². The van der Waals surface area contributed by atoms with Gasteiger partial charge in [-0.2, -0.15) is 0 Å². The number of hydrogen-bond donors (Lipinski definition) is 0. The molecule has 3 unspecified atom stereocenters. The summed E-state index contributed by atoms with van der Waals surface area (Å²) in [7, 11) is 0. The predicted molar refractivity (Wildman–Crippen MR) is 94.5 cm³/mol. The third kappa shape index (κ3) is 5.10. The molecule has 0 aromatic heterocycles. The van der Waals surface area contributed by atoms with Crippen molar-refractivity contribution in [2.24, 2.45) is 5.92 Å². The van der Waals surface area contributed by atoms with Crippen molar-refractivity contribution < 1.29 is 4.74 Å². The molecule has 0 amide bonds. The molecule has 1 aromatic carbocycles. The molecular formula is C20H33NO. The Bertz CT molecular complexity index is 450. The zero-order chi connectivity index (χ0) is 16.3. The molecule has 1 aliphatic rings. The fraction of sp³-hybridized carbons (Fsp3) is 0.700. The molecule has 1 fully saturated rings. The summed E-state index contributed by atoms with van der Waals surface area (Å²) in [6, 6.07) is 9.20. The Hall–Kier alpha value is -0.860. The van der Waals surface area contributed by atoms with Crippen molar-refractivity contribution in [1.29, 1.82) is 0 Å². The number of nitrogens with zero attached hydrogens (tertiary/aromatic N) is 1. The molecule has 0 aliphatic carbocycles. The second-order valence-corrected chi connectivity index (χ2v) is 8.23. The Morgan fingerprint density at radius 1 is 1.09 bits per heavy atom. The average Bonchev–Trinajstić information content (AvgIpc) is 2.36. The highest BCUT2D eigenvalue weighted by Crippen LogP contribution is 2.23. The van der Waals surface area contributed by atoms with E-state index in [-0.39, 0.29) is 5.41 Å². The van der Waals surface area contributed by atoms with E-state index in [4.69, 9.17) is 4.74 Å². The summed E-state index contributed by atoms with van der Waals surface area (Å²) in [5.74, 6) is 0.679. The van der Waals surface area contributed by atoms with E-state index in [2.05, 4.69) is 70.7 Å². The van der Waals surface area contributed by atoms with Gasteiger partial charge in [-0.25, -0.2) is 0 Å². The van der Waals surface area contributed by atoms with E-state index in [0.717, 1.165) is 19.5 Å². The topological polar surface area (TPSA) is 12.5 Å². The lowest BCUT2D eigenvalue weighted by molar-refractivity contribution is -0.0708. The maximum atomic E-state index is 5.82. The first kappa shape index (κ1) is 17.5. The van der Waals surface area contributed by atoms with Crippen molar-refractivity contribution in [3.8, 4) is 0 Å². The van der Waals surface area contributed by atoms with E-state index >= 15 is 0 Å². The van der Waals surface area contributed by atoms with Crippen molar-refractivity contribution >= 4 is 0 Å². The van der Waals surface area contributed by atoms with Gasteiger partial charge < -0.3 is 4.74 Å².